The van der Waals surface area contributed by atoms with Crippen LogP contribution in [0.2, 0.25) is 0 Å². The van der Waals surface area contributed by atoms with Gasteiger partial charge in [-0.3, -0.25) is 0 Å². The topological polar surface area (TPSA) is 71.6 Å². The number of furan rings is 1. The van der Waals surface area contributed by atoms with Crippen molar-refractivity contribution < 1.29 is 14.3 Å². The Balaban J connectivity index is 1.75. The van der Waals surface area contributed by atoms with E-state index in [1.807, 2.05) is 0 Å². The van der Waals surface area contributed by atoms with Gasteiger partial charge in [0.05, 0.1) is 25.5 Å². The molecule has 1 aliphatic rings. The van der Waals surface area contributed by atoms with Crippen molar-refractivity contribution >= 4 is 16.7 Å². The number of aliphatic hydroxyl groups excluding tert-OH is 1. The highest BCUT2D eigenvalue weighted by Crippen LogP contribution is 2.30. The lowest BCUT2D eigenvalue weighted by molar-refractivity contribution is 0.0619. The molecule has 7 heteroatoms. The largest absolute Gasteiger partial charge is 0.467 e. The maximum atomic E-state index is 10.4. The van der Waals surface area contributed by atoms with Gasteiger partial charge in [0.2, 0.25) is 5.13 Å². The lowest BCUT2D eigenvalue weighted by Crippen LogP contribution is -2.46. The normalized spacial score (nSPS) is 20.7. The standard InChI is InChI=1S/C16H23N3O3S/c1-16(2,3)14-17-15(23-18-14)19-6-8-21-10-11(19)9-12(20)13-5-4-7-22-13/h4-5,7,11-12,20H,6,8-10H2,1-3H3. The summed E-state index contributed by atoms with van der Waals surface area (Å²) in [4.78, 5) is 6.90. The zero-order chi connectivity index (χ0) is 16.4. The highest BCUT2D eigenvalue weighted by molar-refractivity contribution is 7.09. The van der Waals surface area contributed by atoms with Crippen molar-refractivity contribution in [2.24, 2.45) is 0 Å². The first-order chi connectivity index (χ1) is 10.9. The van der Waals surface area contributed by atoms with Crippen LogP contribution < -0.4 is 4.90 Å². The van der Waals surface area contributed by atoms with E-state index in [0.29, 0.717) is 25.4 Å². The highest BCUT2D eigenvalue weighted by Gasteiger charge is 2.30. The summed E-state index contributed by atoms with van der Waals surface area (Å²) in [5.41, 5.74) is -0.0653. The molecule has 3 heterocycles. The molecular formula is C16H23N3O3S. The number of nitrogens with zero attached hydrogens (tertiary/aromatic N) is 3. The molecule has 2 atom stereocenters. The summed E-state index contributed by atoms with van der Waals surface area (Å²) in [6.45, 7) is 8.32. The summed E-state index contributed by atoms with van der Waals surface area (Å²) in [6.07, 6.45) is 1.47. The average molecular weight is 337 g/mol. The third-order valence-corrected chi connectivity index (χ3v) is 4.68. The lowest BCUT2D eigenvalue weighted by Gasteiger charge is -2.36. The Kier molecular flexibility index (Phi) is 4.70. The molecule has 2 aromatic heterocycles. The Morgan fingerprint density at radius 2 is 2.30 bits per heavy atom. The molecule has 0 amide bonds. The fraction of sp³-hybridized carbons (Fsp3) is 0.625. The summed E-state index contributed by atoms with van der Waals surface area (Å²) in [6, 6.07) is 3.64. The van der Waals surface area contributed by atoms with E-state index >= 15 is 0 Å². The molecule has 0 aromatic carbocycles. The van der Waals surface area contributed by atoms with Gasteiger partial charge in [-0.05, 0) is 12.1 Å². The third kappa shape index (κ3) is 3.73. The smallest absolute Gasteiger partial charge is 0.205 e. The van der Waals surface area contributed by atoms with Crippen molar-refractivity contribution in [2.75, 3.05) is 24.7 Å². The fourth-order valence-electron chi connectivity index (χ4n) is 2.59. The minimum atomic E-state index is -0.644. The van der Waals surface area contributed by atoms with Crippen LogP contribution in [-0.4, -0.2) is 40.3 Å². The number of morpholine rings is 1. The molecule has 1 fully saturated rings. The molecule has 3 rings (SSSR count). The molecule has 0 saturated carbocycles. The molecule has 23 heavy (non-hydrogen) atoms. The molecule has 2 aromatic rings. The van der Waals surface area contributed by atoms with Crippen LogP contribution in [0.3, 0.4) is 0 Å². The van der Waals surface area contributed by atoms with E-state index in [2.05, 4.69) is 30.0 Å². The summed E-state index contributed by atoms with van der Waals surface area (Å²) in [5, 5.41) is 11.3. The predicted molar refractivity (Wildman–Crippen MR) is 88.8 cm³/mol. The maximum absolute atomic E-state index is 10.4. The van der Waals surface area contributed by atoms with Gasteiger partial charge in [0, 0.05) is 29.9 Å². The minimum absolute atomic E-state index is 0.0598. The Hall–Kier alpha value is -1.44. The van der Waals surface area contributed by atoms with Gasteiger partial charge in [-0.2, -0.15) is 4.37 Å². The molecule has 0 spiro atoms. The van der Waals surface area contributed by atoms with Gasteiger partial charge in [0.1, 0.15) is 17.7 Å². The number of hydrogen-bond donors (Lipinski definition) is 1. The van der Waals surface area contributed by atoms with E-state index < -0.39 is 6.10 Å². The van der Waals surface area contributed by atoms with E-state index in [1.165, 1.54) is 11.5 Å². The van der Waals surface area contributed by atoms with Gasteiger partial charge >= 0.3 is 0 Å². The van der Waals surface area contributed by atoms with Crippen LogP contribution in [0.4, 0.5) is 5.13 Å². The Morgan fingerprint density at radius 1 is 1.48 bits per heavy atom. The quantitative estimate of drug-likeness (QED) is 0.925. The molecule has 1 N–H and O–H groups in total. The second-order valence-corrected chi connectivity index (χ2v) is 7.57. The van der Waals surface area contributed by atoms with Crippen molar-refractivity contribution in [1.82, 2.24) is 9.36 Å². The molecule has 1 saturated heterocycles. The summed E-state index contributed by atoms with van der Waals surface area (Å²) < 4.78 is 15.4. The van der Waals surface area contributed by atoms with Crippen LogP contribution in [0.5, 0.6) is 0 Å². The van der Waals surface area contributed by atoms with Crippen LogP contribution in [-0.2, 0) is 10.2 Å². The first-order valence-corrected chi connectivity index (χ1v) is 8.62. The molecule has 0 aliphatic carbocycles. The van der Waals surface area contributed by atoms with Gasteiger partial charge < -0.3 is 19.2 Å². The summed E-state index contributed by atoms with van der Waals surface area (Å²) in [5.74, 6) is 1.44. The number of aliphatic hydroxyl groups is 1. The van der Waals surface area contributed by atoms with Gasteiger partial charge in [-0.25, -0.2) is 4.98 Å². The third-order valence-electron chi connectivity index (χ3n) is 3.93. The van der Waals surface area contributed by atoms with E-state index in [1.54, 1.807) is 18.4 Å². The maximum Gasteiger partial charge on any atom is 0.205 e. The SMILES string of the molecule is CC(C)(C)c1nsc(N2CCOCC2CC(O)c2ccco2)n1. The van der Waals surface area contributed by atoms with Crippen LogP contribution >= 0.6 is 11.5 Å². The Labute approximate surface area is 140 Å². The number of anilines is 1. The number of hydrogen-bond acceptors (Lipinski definition) is 7. The fourth-order valence-corrected chi connectivity index (χ4v) is 3.55. The number of rotatable bonds is 4. The van der Waals surface area contributed by atoms with Crippen molar-refractivity contribution in [3.8, 4) is 0 Å². The molecule has 6 nitrogen and oxygen atoms in total. The van der Waals surface area contributed by atoms with E-state index in [4.69, 9.17) is 14.1 Å². The highest BCUT2D eigenvalue weighted by atomic mass is 32.1. The summed E-state index contributed by atoms with van der Waals surface area (Å²) in [7, 11) is 0. The van der Waals surface area contributed by atoms with Crippen molar-refractivity contribution in [2.45, 2.75) is 44.8 Å². The Morgan fingerprint density at radius 3 is 2.96 bits per heavy atom. The minimum Gasteiger partial charge on any atom is -0.467 e. The van der Waals surface area contributed by atoms with E-state index in [9.17, 15) is 5.11 Å². The zero-order valence-electron chi connectivity index (χ0n) is 13.7. The zero-order valence-corrected chi connectivity index (χ0v) is 14.5. The summed E-state index contributed by atoms with van der Waals surface area (Å²) >= 11 is 1.42. The number of aromatic nitrogens is 2. The molecule has 2 unspecified atom stereocenters. The Bertz CT molecular complexity index is 621. The molecule has 1 aliphatic heterocycles. The molecule has 0 radical (unpaired) electrons. The van der Waals surface area contributed by atoms with Gasteiger partial charge in [-0.1, -0.05) is 20.8 Å². The van der Waals surface area contributed by atoms with Crippen LogP contribution in [0, 0.1) is 0 Å². The number of ether oxygens (including phenoxy) is 1. The van der Waals surface area contributed by atoms with Gasteiger partial charge in [-0.15, -0.1) is 0 Å². The molecular weight excluding hydrogens is 314 g/mol. The monoisotopic (exact) mass is 337 g/mol. The molecule has 0 bridgehead atoms. The van der Waals surface area contributed by atoms with Gasteiger partial charge in [0.15, 0.2) is 0 Å². The lowest BCUT2D eigenvalue weighted by atomic mass is 9.96. The second kappa shape index (κ2) is 6.59. The van der Waals surface area contributed by atoms with Gasteiger partial charge in [0.25, 0.3) is 0 Å². The van der Waals surface area contributed by atoms with Crippen LogP contribution in [0.25, 0.3) is 0 Å². The average Bonchev–Trinajstić information content (AvgIpc) is 3.19. The first-order valence-electron chi connectivity index (χ1n) is 7.85. The molecule has 126 valence electrons. The van der Waals surface area contributed by atoms with Crippen molar-refractivity contribution in [3.63, 3.8) is 0 Å². The van der Waals surface area contributed by atoms with Crippen LogP contribution in [0.1, 0.15) is 44.9 Å². The van der Waals surface area contributed by atoms with Crippen LogP contribution in [0.15, 0.2) is 22.8 Å². The second-order valence-electron chi connectivity index (χ2n) is 6.84. The first kappa shape index (κ1) is 16.4. The van der Waals surface area contributed by atoms with Crippen molar-refractivity contribution in [1.29, 1.82) is 0 Å². The van der Waals surface area contributed by atoms with E-state index in [0.717, 1.165) is 17.5 Å². The predicted octanol–water partition coefficient (Wildman–Crippen LogP) is 2.76. The van der Waals surface area contributed by atoms with E-state index in [-0.39, 0.29) is 11.5 Å². The van der Waals surface area contributed by atoms with Crippen molar-refractivity contribution in [3.05, 3.63) is 30.0 Å².